The lowest BCUT2D eigenvalue weighted by Gasteiger charge is -2.23. The molecule has 0 aliphatic heterocycles. The third-order valence-corrected chi connectivity index (χ3v) is 3.03. The van der Waals surface area contributed by atoms with Crippen LogP contribution in [0.2, 0.25) is 0 Å². The minimum atomic E-state index is -3.40. The van der Waals surface area contributed by atoms with E-state index in [1.54, 1.807) is 0 Å². The SMILES string of the molecule is CNS(=O)(=O)CC(C)(C)NC(=O)O. The molecule has 7 heteroatoms. The Labute approximate surface area is 77.4 Å². The van der Waals surface area contributed by atoms with Gasteiger partial charge < -0.3 is 10.4 Å². The molecule has 0 aliphatic rings. The van der Waals surface area contributed by atoms with Crippen molar-refractivity contribution in [1.82, 2.24) is 10.0 Å². The summed E-state index contributed by atoms with van der Waals surface area (Å²) in [6.45, 7) is 2.99. The number of nitrogens with one attached hydrogen (secondary N) is 2. The van der Waals surface area contributed by atoms with E-state index >= 15 is 0 Å². The second-order valence-corrected chi connectivity index (χ2v) is 5.20. The van der Waals surface area contributed by atoms with Crippen LogP contribution in [-0.2, 0) is 10.0 Å². The van der Waals surface area contributed by atoms with Gasteiger partial charge in [-0.25, -0.2) is 17.9 Å². The molecular weight excluding hydrogens is 196 g/mol. The van der Waals surface area contributed by atoms with E-state index in [1.165, 1.54) is 20.9 Å². The van der Waals surface area contributed by atoms with E-state index in [1.807, 2.05) is 0 Å². The van der Waals surface area contributed by atoms with Crippen LogP contribution in [0.3, 0.4) is 0 Å². The van der Waals surface area contributed by atoms with Gasteiger partial charge in [0, 0.05) is 0 Å². The van der Waals surface area contributed by atoms with Gasteiger partial charge in [0.15, 0.2) is 0 Å². The highest BCUT2D eigenvalue weighted by atomic mass is 32.2. The first-order valence-corrected chi connectivity index (χ1v) is 5.26. The molecule has 0 heterocycles. The molecule has 0 saturated carbocycles. The molecular formula is C6H14N2O4S. The van der Waals surface area contributed by atoms with Crippen molar-refractivity contribution in [2.24, 2.45) is 0 Å². The Morgan fingerprint density at radius 2 is 1.92 bits per heavy atom. The molecule has 78 valence electrons. The van der Waals surface area contributed by atoms with Crippen LogP contribution in [0.4, 0.5) is 4.79 Å². The van der Waals surface area contributed by atoms with Crippen molar-refractivity contribution >= 4 is 16.1 Å². The van der Waals surface area contributed by atoms with Gasteiger partial charge in [-0.1, -0.05) is 0 Å². The zero-order valence-electron chi connectivity index (χ0n) is 7.79. The first-order chi connectivity index (χ1) is 5.68. The molecule has 0 bridgehead atoms. The molecule has 0 aromatic heterocycles. The van der Waals surface area contributed by atoms with Crippen molar-refractivity contribution in [3.05, 3.63) is 0 Å². The number of rotatable bonds is 4. The van der Waals surface area contributed by atoms with Gasteiger partial charge in [0.2, 0.25) is 10.0 Å². The molecule has 0 aromatic rings. The van der Waals surface area contributed by atoms with Crippen LogP contribution in [0.5, 0.6) is 0 Å². The fourth-order valence-electron chi connectivity index (χ4n) is 0.873. The van der Waals surface area contributed by atoms with Gasteiger partial charge in [0.25, 0.3) is 0 Å². The third-order valence-electron chi connectivity index (χ3n) is 1.31. The quantitative estimate of drug-likeness (QED) is 0.587. The molecule has 0 spiro atoms. The summed E-state index contributed by atoms with van der Waals surface area (Å²) >= 11 is 0. The number of sulfonamides is 1. The largest absolute Gasteiger partial charge is 0.465 e. The lowest BCUT2D eigenvalue weighted by molar-refractivity contribution is 0.185. The zero-order valence-corrected chi connectivity index (χ0v) is 8.60. The molecule has 3 N–H and O–H groups in total. The third kappa shape index (κ3) is 5.42. The van der Waals surface area contributed by atoms with Crippen molar-refractivity contribution in [2.45, 2.75) is 19.4 Å². The molecule has 0 radical (unpaired) electrons. The van der Waals surface area contributed by atoms with Crippen LogP contribution in [0.15, 0.2) is 0 Å². The maximum atomic E-state index is 11.1. The maximum Gasteiger partial charge on any atom is 0.405 e. The smallest absolute Gasteiger partial charge is 0.405 e. The summed E-state index contributed by atoms with van der Waals surface area (Å²) in [4.78, 5) is 10.3. The van der Waals surface area contributed by atoms with Crippen molar-refractivity contribution in [2.75, 3.05) is 12.8 Å². The fraction of sp³-hybridized carbons (Fsp3) is 0.833. The van der Waals surface area contributed by atoms with Crippen molar-refractivity contribution in [3.63, 3.8) is 0 Å². The average molecular weight is 210 g/mol. The lowest BCUT2D eigenvalue weighted by Crippen LogP contribution is -2.49. The normalized spacial score (nSPS) is 12.5. The first kappa shape index (κ1) is 12.2. The van der Waals surface area contributed by atoms with Crippen LogP contribution < -0.4 is 10.0 Å². The number of hydrogen-bond donors (Lipinski definition) is 3. The van der Waals surface area contributed by atoms with Crippen molar-refractivity contribution in [1.29, 1.82) is 0 Å². The Kier molecular flexibility index (Phi) is 3.68. The van der Waals surface area contributed by atoms with Crippen molar-refractivity contribution in [3.8, 4) is 0 Å². The van der Waals surface area contributed by atoms with Crippen LogP contribution in [-0.4, -0.2) is 38.0 Å². The molecule has 6 nitrogen and oxygen atoms in total. The summed E-state index contributed by atoms with van der Waals surface area (Å²) in [6, 6.07) is 0. The first-order valence-electron chi connectivity index (χ1n) is 3.61. The average Bonchev–Trinajstić information content (AvgIpc) is 1.81. The summed E-state index contributed by atoms with van der Waals surface area (Å²) in [7, 11) is -2.11. The summed E-state index contributed by atoms with van der Waals surface area (Å²) in [6.07, 6.45) is -1.24. The van der Waals surface area contributed by atoms with Gasteiger partial charge in [-0.2, -0.15) is 0 Å². The highest BCUT2D eigenvalue weighted by Gasteiger charge is 2.26. The molecule has 0 atom stereocenters. The predicted octanol–water partition coefficient (Wildman–Crippen LogP) is -0.418. The number of hydrogen-bond acceptors (Lipinski definition) is 3. The number of carboxylic acid groups (broad SMARTS) is 1. The Morgan fingerprint density at radius 3 is 2.23 bits per heavy atom. The van der Waals surface area contributed by atoms with Crippen LogP contribution in [0.1, 0.15) is 13.8 Å². The van der Waals surface area contributed by atoms with Crippen LogP contribution >= 0.6 is 0 Å². The summed E-state index contributed by atoms with van der Waals surface area (Å²) in [5, 5.41) is 10.5. The second kappa shape index (κ2) is 3.93. The van der Waals surface area contributed by atoms with Gasteiger partial charge in [-0.3, -0.25) is 0 Å². The Hall–Kier alpha value is -0.820. The highest BCUT2D eigenvalue weighted by molar-refractivity contribution is 7.89. The van der Waals surface area contributed by atoms with E-state index < -0.39 is 21.7 Å². The molecule has 0 unspecified atom stereocenters. The second-order valence-electron chi connectivity index (χ2n) is 3.28. The van der Waals surface area contributed by atoms with Gasteiger partial charge >= 0.3 is 6.09 Å². The summed E-state index contributed by atoms with van der Waals surface area (Å²) in [5.74, 6) is -0.289. The molecule has 0 saturated heterocycles. The van der Waals surface area contributed by atoms with Crippen LogP contribution in [0, 0.1) is 0 Å². The summed E-state index contributed by atoms with van der Waals surface area (Å²) in [5.41, 5.74) is -0.992. The molecule has 0 aliphatic carbocycles. The van der Waals surface area contributed by atoms with Gasteiger partial charge in [-0.05, 0) is 20.9 Å². The molecule has 0 rings (SSSR count). The zero-order chi connectivity index (χ0) is 10.7. The van der Waals surface area contributed by atoms with E-state index in [0.29, 0.717) is 0 Å². The number of amides is 1. The molecule has 0 fully saturated rings. The van der Waals surface area contributed by atoms with Gasteiger partial charge in [0.05, 0.1) is 11.3 Å². The van der Waals surface area contributed by atoms with E-state index in [9.17, 15) is 13.2 Å². The predicted molar refractivity (Wildman–Crippen MR) is 48.1 cm³/mol. The Bertz CT molecular complexity index is 283. The molecule has 13 heavy (non-hydrogen) atoms. The Balaban J connectivity index is 4.42. The molecule has 0 aromatic carbocycles. The van der Waals surface area contributed by atoms with Gasteiger partial charge in [0.1, 0.15) is 0 Å². The van der Waals surface area contributed by atoms with Gasteiger partial charge in [-0.15, -0.1) is 0 Å². The summed E-state index contributed by atoms with van der Waals surface area (Å²) < 4.78 is 24.2. The lowest BCUT2D eigenvalue weighted by atomic mass is 10.1. The standard InChI is InChI=1S/C6H14N2O4S/c1-6(2,8-5(9)10)4-13(11,12)7-3/h7-8H,4H2,1-3H3,(H,9,10). The molecule has 1 amide bonds. The van der Waals surface area contributed by atoms with Crippen molar-refractivity contribution < 1.29 is 18.3 Å². The minimum absolute atomic E-state index is 0.289. The van der Waals surface area contributed by atoms with E-state index in [2.05, 4.69) is 10.0 Å². The number of carbonyl (C=O) groups is 1. The van der Waals surface area contributed by atoms with E-state index in [-0.39, 0.29) is 5.75 Å². The highest BCUT2D eigenvalue weighted by Crippen LogP contribution is 2.04. The monoisotopic (exact) mass is 210 g/mol. The Morgan fingerprint density at radius 1 is 1.46 bits per heavy atom. The maximum absolute atomic E-state index is 11.1. The van der Waals surface area contributed by atoms with E-state index in [0.717, 1.165) is 0 Å². The minimum Gasteiger partial charge on any atom is -0.465 e. The van der Waals surface area contributed by atoms with Crippen LogP contribution in [0.25, 0.3) is 0 Å². The fourth-order valence-corrected chi connectivity index (χ4v) is 2.04. The topological polar surface area (TPSA) is 95.5 Å². The van der Waals surface area contributed by atoms with E-state index in [4.69, 9.17) is 5.11 Å².